The molecule has 4 atom stereocenters. The Balaban J connectivity index is 1.38. The molecule has 0 radical (unpaired) electrons. The largest absolute Gasteiger partial charge is 0.459 e. The summed E-state index contributed by atoms with van der Waals surface area (Å²) in [4.78, 5) is 57.4. The van der Waals surface area contributed by atoms with Crippen LogP contribution in [0.5, 0.6) is 0 Å². The number of carbonyl (C=O) groups is 3. The number of aromatic nitrogens is 2. The van der Waals surface area contributed by atoms with E-state index in [-0.39, 0.29) is 17.7 Å². The Bertz CT molecular complexity index is 1840. The number of fused-ring (bicyclic) bond motifs is 1. The summed E-state index contributed by atoms with van der Waals surface area (Å²) in [7, 11) is 0. The number of hydrogen-bond donors (Lipinski definition) is 0. The maximum absolute atomic E-state index is 13.6. The average Bonchev–Trinajstić information content (AvgIpc) is 3.40. The molecule has 1 saturated heterocycles. The quantitative estimate of drug-likeness (QED) is 0.188. The van der Waals surface area contributed by atoms with Crippen molar-refractivity contribution in [2.75, 3.05) is 6.61 Å². The number of rotatable bonds is 8. The Morgan fingerprint density at radius 2 is 1.16 bits per heavy atom. The lowest BCUT2D eigenvalue weighted by Crippen LogP contribution is -2.42. The average molecular weight is 591 g/mol. The van der Waals surface area contributed by atoms with Gasteiger partial charge in [-0.25, -0.2) is 19.4 Å². The third-order valence-electron chi connectivity index (χ3n) is 7.14. The second-order valence-electron chi connectivity index (χ2n) is 9.98. The topological polar surface area (TPSA) is 123 Å². The first-order valence-corrected chi connectivity index (χ1v) is 13.8. The van der Waals surface area contributed by atoms with E-state index in [1.165, 1.54) is 10.9 Å². The van der Waals surface area contributed by atoms with E-state index in [0.29, 0.717) is 16.5 Å². The Hall–Kier alpha value is -5.61. The predicted octanol–water partition coefficient (Wildman–Crippen LogP) is 4.60. The van der Waals surface area contributed by atoms with Crippen molar-refractivity contribution < 1.29 is 33.3 Å². The summed E-state index contributed by atoms with van der Waals surface area (Å²) in [5.41, 5.74) is 0.791. The van der Waals surface area contributed by atoms with E-state index in [1.54, 1.807) is 115 Å². The number of para-hydroxylation sites is 1. The zero-order valence-electron chi connectivity index (χ0n) is 23.2. The van der Waals surface area contributed by atoms with Crippen molar-refractivity contribution >= 4 is 28.8 Å². The Labute approximate surface area is 251 Å². The third kappa shape index (κ3) is 5.97. The van der Waals surface area contributed by atoms with Crippen molar-refractivity contribution in [1.82, 2.24) is 9.55 Å². The highest BCUT2D eigenvalue weighted by Crippen LogP contribution is 2.35. The van der Waals surface area contributed by atoms with Gasteiger partial charge in [0.05, 0.1) is 27.6 Å². The summed E-state index contributed by atoms with van der Waals surface area (Å²) in [6.07, 6.45) is -3.71. The summed E-state index contributed by atoms with van der Waals surface area (Å²) in [6, 6.07) is 31.6. The van der Waals surface area contributed by atoms with Crippen molar-refractivity contribution in [3.63, 3.8) is 0 Å². The molecule has 10 nitrogen and oxygen atoms in total. The molecule has 1 aliphatic rings. The van der Waals surface area contributed by atoms with Crippen LogP contribution in [0.3, 0.4) is 0 Å². The number of esters is 3. The van der Waals surface area contributed by atoms with E-state index < -0.39 is 48.0 Å². The lowest BCUT2D eigenvalue weighted by molar-refractivity contribution is -0.0636. The maximum Gasteiger partial charge on any atom is 0.338 e. The molecule has 10 heteroatoms. The molecule has 0 unspecified atom stereocenters. The Kier molecular flexibility index (Phi) is 8.24. The van der Waals surface area contributed by atoms with Crippen LogP contribution in [-0.2, 0) is 18.9 Å². The molecule has 4 aromatic carbocycles. The maximum atomic E-state index is 13.6. The fourth-order valence-electron chi connectivity index (χ4n) is 4.95. The van der Waals surface area contributed by atoms with Gasteiger partial charge in [0, 0.05) is 0 Å². The highest BCUT2D eigenvalue weighted by atomic mass is 16.7. The van der Waals surface area contributed by atoms with E-state index in [2.05, 4.69) is 4.98 Å². The molecule has 0 aliphatic carbocycles. The van der Waals surface area contributed by atoms with Crippen LogP contribution in [0, 0.1) is 0 Å². The van der Waals surface area contributed by atoms with Crippen molar-refractivity contribution in [2.45, 2.75) is 24.5 Å². The SMILES string of the molecule is O=C(OC[C@H]1O[C@@H](n2cnc3ccccc3c2=O)[C@H](OC(=O)c2ccccc2)[C@@H]1OC(=O)c1ccccc1)c1ccccc1. The molecule has 0 N–H and O–H groups in total. The molecule has 1 fully saturated rings. The van der Waals surface area contributed by atoms with Gasteiger partial charge in [-0.2, -0.15) is 0 Å². The highest BCUT2D eigenvalue weighted by Gasteiger charge is 2.51. The predicted molar refractivity (Wildman–Crippen MR) is 158 cm³/mol. The fourth-order valence-corrected chi connectivity index (χ4v) is 4.95. The van der Waals surface area contributed by atoms with E-state index in [1.807, 2.05) is 0 Å². The molecule has 1 aromatic heterocycles. The van der Waals surface area contributed by atoms with Gasteiger partial charge in [0.15, 0.2) is 18.4 Å². The van der Waals surface area contributed by atoms with Gasteiger partial charge in [-0.05, 0) is 48.5 Å². The van der Waals surface area contributed by atoms with Gasteiger partial charge in [-0.15, -0.1) is 0 Å². The van der Waals surface area contributed by atoms with E-state index in [9.17, 15) is 19.2 Å². The molecule has 0 amide bonds. The van der Waals surface area contributed by atoms with Crippen LogP contribution in [-0.4, -0.2) is 52.4 Å². The lowest BCUT2D eigenvalue weighted by Gasteiger charge is -2.25. The number of nitrogens with zero attached hydrogens (tertiary/aromatic N) is 2. The smallest absolute Gasteiger partial charge is 0.338 e. The van der Waals surface area contributed by atoms with Gasteiger partial charge in [0.2, 0.25) is 0 Å². The first kappa shape index (κ1) is 28.5. The minimum absolute atomic E-state index is 0.238. The van der Waals surface area contributed by atoms with Crippen LogP contribution in [0.2, 0.25) is 0 Å². The zero-order chi connectivity index (χ0) is 30.5. The van der Waals surface area contributed by atoms with Crippen LogP contribution >= 0.6 is 0 Å². The second kappa shape index (κ2) is 12.7. The molecule has 5 aromatic rings. The second-order valence-corrected chi connectivity index (χ2v) is 9.98. The Morgan fingerprint density at radius 3 is 1.75 bits per heavy atom. The van der Waals surface area contributed by atoms with Crippen molar-refractivity contribution in [2.24, 2.45) is 0 Å². The summed E-state index contributed by atoms with van der Waals surface area (Å²) in [5, 5.41) is 0.309. The summed E-state index contributed by atoms with van der Waals surface area (Å²) < 4.78 is 24.8. The van der Waals surface area contributed by atoms with Crippen LogP contribution in [0.25, 0.3) is 10.9 Å². The van der Waals surface area contributed by atoms with Crippen LogP contribution in [0.1, 0.15) is 37.3 Å². The monoisotopic (exact) mass is 590 g/mol. The van der Waals surface area contributed by atoms with Crippen LogP contribution in [0.15, 0.2) is 126 Å². The standard InChI is InChI=1S/C34H26N2O8/c37-30-25-18-10-11-19-26(25)35-21-36(30)31-29(44-34(40)24-16-8-3-9-17-24)28(43-33(39)23-14-6-2-7-15-23)27(42-31)20-41-32(38)22-12-4-1-5-13-22/h1-19,21,27-29,31H,20H2/t27-,28-,29-,31-/m1/s1. The first-order valence-electron chi connectivity index (χ1n) is 13.8. The van der Waals surface area contributed by atoms with Gasteiger partial charge < -0.3 is 18.9 Å². The minimum Gasteiger partial charge on any atom is -0.459 e. The number of hydrogen-bond acceptors (Lipinski definition) is 9. The molecule has 6 rings (SSSR count). The summed E-state index contributed by atoms with van der Waals surface area (Å²) in [5.74, 6) is -2.08. The van der Waals surface area contributed by atoms with Crippen LogP contribution < -0.4 is 5.56 Å². The summed E-state index contributed by atoms with van der Waals surface area (Å²) >= 11 is 0. The molecule has 0 spiro atoms. The third-order valence-corrected chi connectivity index (χ3v) is 7.14. The van der Waals surface area contributed by atoms with E-state index >= 15 is 0 Å². The van der Waals surface area contributed by atoms with Crippen LogP contribution in [0.4, 0.5) is 0 Å². The molecular weight excluding hydrogens is 564 g/mol. The molecule has 1 aliphatic heterocycles. The fraction of sp³-hybridized carbons (Fsp3) is 0.147. The van der Waals surface area contributed by atoms with Gasteiger partial charge in [0.25, 0.3) is 5.56 Å². The van der Waals surface area contributed by atoms with Gasteiger partial charge in [0.1, 0.15) is 19.0 Å². The van der Waals surface area contributed by atoms with Crippen molar-refractivity contribution in [1.29, 1.82) is 0 Å². The van der Waals surface area contributed by atoms with Gasteiger partial charge in [-0.1, -0.05) is 66.7 Å². The number of benzene rings is 4. The van der Waals surface area contributed by atoms with Crippen molar-refractivity contribution in [3.05, 3.63) is 149 Å². The molecule has 0 saturated carbocycles. The van der Waals surface area contributed by atoms with Crippen molar-refractivity contribution in [3.8, 4) is 0 Å². The lowest BCUT2D eigenvalue weighted by atomic mass is 10.1. The van der Waals surface area contributed by atoms with E-state index in [4.69, 9.17) is 18.9 Å². The Morgan fingerprint density at radius 1 is 0.659 bits per heavy atom. The number of ether oxygens (including phenoxy) is 4. The normalized spacial score (nSPS) is 19.3. The highest BCUT2D eigenvalue weighted by molar-refractivity contribution is 5.91. The molecule has 0 bridgehead atoms. The van der Waals surface area contributed by atoms with Gasteiger partial charge >= 0.3 is 17.9 Å². The molecule has 2 heterocycles. The van der Waals surface area contributed by atoms with E-state index in [0.717, 1.165) is 0 Å². The van der Waals surface area contributed by atoms with Gasteiger partial charge in [-0.3, -0.25) is 9.36 Å². The molecule has 44 heavy (non-hydrogen) atoms. The molecule has 220 valence electrons. The molecular formula is C34H26N2O8. The minimum atomic E-state index is -1.32. The zero-order valence-corrected chi connectivity index (χ0v) is 23.2. The summed E-state index contributed by atoms with van der Waals surface area (Å²) in [6.45, 7) is -0.369. The number of carbonyl (C=O) groups excluding carboxylic acids is 3. The first-order chi connectivity index (χ1) is 21.5.